The molecule has 0 aromatic heterocycles. The number of hydrogen-bond acceptors (Lipinski definition) is 3. The fourth-order valence-corrected chi connectivity index (χ4v) is 0.505. The van der Waals surface area contributed by atoms with Crippen LogP contribution in [0.1, 0.15) is 25.7 Å². The van der Waals surface area contributed by atoms with Crippen LogP contribution >= 0.6 is 0 Å². The van der Waals surface area contributed by atoms with Gasteiger partial charge in [0.2, 0.25) is 0 Å². The highest BCUT2D eigenvalue weighted by Gasteiger charge is 1.95. The van der Waals surface area contributed by atoms with Crippen LogP contribution < -0.4 is 10.9 Å². The quantitative estimate of drug-likeness (QED) is 0.503. The van der Waals surface area contributed by atoms with E-state index in [1.165, 1.54) is 25.7 Å². The predicted molar refractivity (Wildman–Crippen MR) is 35.6 cm³/mol. The van der Waals surface area contributed by atoms with Crippen molar-refractivity contribution in [1.82, 2.24) is 10.9 Å². The van der Waals surface area contributed by atoms with Gasteiger partial charge >= 0.3 is 0 Å². The van der Waals surface area contributed by atoms with Gasteiger partial charge in [-0.25, -0.2) is 10.9 Å². The Bertz CT molecular complexity index is 48.5. The van der Waals surface area contributed by atoms with E-state index in [1.807, 2.05) is 0 Å². The summed E-state index contributed by atoms with van der Waals surface area (Å²) in [5.41, 5.74) is 5.50. The minimum absolute atomic E-state index is 0.639. The molecule has 1 saturated carbocycles. The summed E-state index contributed by atoms with van der Waals surface area (Å²) < 4.78 is 4.72. The summed E-state index contributed by atoms with van der Waals surface area (Å²) in [6.07, 6.45) is 6.00. The minimum Gasteiger partial charge on any atom is -0.349 e. The first kappa shape index (κ1) is 6.99. The number of nitrogens with one attached hydrogen (secondary N) is 2. The maximum Gasteiger partial charge on any atom is 0.111 e. The summed E-state index contributed by atoms with van der Waals surface area (Å²) in [5.74, 6) is 0. The lowest BCUT2D eigenvalue weighted by molar-refractivity contribution is 0.189. The van der Waals surface area contributed by atoms with Crippen molar-refractivity contribution in [3.8, 4) is 0 Å². The van der Waals surface area contributed by atoms with Gasteiger partial charge in [-0.05, 0) is 0 Å². The molecule has 0 aromatic rings. The van der Waals surface area contributed by atoms with Crippen molar-refractivity contribution in [2.75, 3.05) is 13.5 Å². The van der Waals surface area contributed by atoms with Crippen LogP contribution in [0, 0.1) is 0 Å². The summed E-state index contributed by atoms with van der Waals surface area (Å²) in [5, 5.41) is 0. The summed E-state index contributed by atoms with van der Waals surface area (Å²) in [4.78, 5) is 0. The summed E-state index contributed by atoms with van der Waals surface area (Å²) >= 11 is 0. The second-order valence-corrected chi connectivity index (χ2v) is 2.26. The van der Waals surface area contributed by atoms with Crippen LogP contribution in [0.5, 0.6) is 0 Å². The lowest BCUT2D eigenvalue weighted by atomic mass is 10.0. The van der Waals surface area contributed by atoms with E-state index in [0.29, 0.717) is 13.5 Å². The van der Waals surface area contributed by atoms with E-state index in [0.717, 1.165) is 0 Å². The molecule has 0 unspecified atom stereocenters. The Morgan fingerprint density at radius 1 is 0.778 bits per heavy atom. The van der Waals surface area contributed by atoms with E-state index in [-0.39, 0.29) is 0 Å². The molecule has 2 fully saturated rings. The number of hydrazine groups is 1. The summed E-state index contributed by atoms with van der Waals surface area (Å²) in [6.45, 7) is 1.28. The van der Waals surface area contributed by atoms with Gasteiger partial charge < -0.3 is 4.74 Å². The van der Waals surface area contributed by atoms with E-state index < -0.39 is 0 Å². The van der Waals surface area contributed by atoms with Crippen molar-refractivity contribution in [3.63, 3.8) is 0 Å². The molecule has 0 aromatic carbocycles. The van der Waals surface area contributed by atoms with Crippen LogP contribution in [0.3, 0.4) is 0 Å². The van der Waals surface area contributed by atoms with Gasteiger partial charge in [-0.1, -0.05) is 25.7 Å². The van der Waals surface area contributed by atoms with Gasteiger partial charge in [-0.3, -0.25) is 0 Å². The monoisotopic (exact) mass is 130 g/mol. The molecule has 1 heterocycles. The Morgan fingerprint density at radius 2 is 1.22 bits per heavy atom. The molecule has 0 amide bonds. The topological polar surface area (TPSA) is 33.3 Å². The van der Waals surface area contributed by atoms with Gasteiger partial charge in [0, 0.05) is 0 Å². The van der Waals surface area contributed by atoms with E-state index in [9.17, 15) is 0 Å². The number of hydrogen-bond donors (Lipinski definition) is 2. The van der Waals surface area contributed by atoms with Crippen molar-refractivity contribution < 1.29 is 4.74 Å². The van der Waals surface area contributed by atoms with Crippen molar-refractivity contribution >= 4 is 0 Å². The highest BCUT2D eigenvalue weighted by atomic mass is 16.5. The zero-order valence-corrected chi connectivity index (χ0v) is 5.65. The smallest absolute Gasteiger partial charge is 0.111 e. The Labute approximate surface area is 55.7 Å². The third-order valence-electron chi connectivity index (χ3n) is 1.47. The molecule has 0 radical (unpaired) electrons. The molecule has 0 atom stereocenters. The van der Waals surface area contributed by atoms with Gasteiger partial charge in [0.15, 0.2) is 0 Å². The molecule has 1 aliphatic carbocycles. The highest BCUT2D eigenvalue weighted by molar-refractivity contribution is 4.50. The van der Waals surface area contributed by atoms with Crippen LogP contribution in [0.2, 0.25) is 0 Å². The first-order valence-corrected chi connectivity index (χ1v) is 3.53. The Hall–Kier alpha value is -0.120. The van der Waals surface area contributed by atoms with Crippen molar-refractivity contribution in [2.24, 2.45) is 0 Å². The van der Waals surface area contributed by atoms with Gasteiger partial charge in [0.1, 0.15) is 13.5 Å². The zero-order valence-electron chi connectivity index (χ0n) is 5.65. The molecule has 3 heteroatoms. The fourth-order valence-electron chi connectivity index (χ4n) is 0.505. The molecule has 0 bridgehead atoms. The van der Waals surface area contributed by atoms with E-state index in [4.69, 9.17) is 4.74 Å². The predicted octanol–water partition coefficient (Wildman–Crippen LogP) is 0.586. The normalized spacial score (nSPS) is 24.0. The lowest BCUT2D eigenvalue weighted by Crippen LogP contribution is -2.21. The van der Waals surface area contributed by atoms with Crippen LogP contribution in [0.4, 0.5) is 0 Å². The zero-order chi connectivity index (χ0) is 6.36. The van der Waals surface area contributed by atoms with Crippen LogP contribution in [0.15, 0.2) is 0 Å². The molecule has 1 aliphatic heterocycles. The average Bonchev–Trinajstić information content (AvgIpc) is 2.07. The van der Waals surface area contributed by atoms with Crippen molar-refractivity contribution in [3.05, 3.63) is 0 Å². The maximum absolute atomic E-state index is 4.72. The minimum atomic E-state index is 0.639. The number of rotatable bonds is 0. The first-order chi connectivity index (χ1) is 4.50. The van der Waals surface area contributed by atoms with Crippen LogP contribution in [0.25, 0.3) is 0 Å². The summed E-state index contributed by atoms with van der Waals surface area (Å²) in [6, 6.07) is 0. The van der Waals surface area contributed by atoms with Gasteiger partial charge in [0.25, 0.3) is 0 Å². The van der Waals surface area contributed by atoms with Crippen molar-refractivity contribution in [2.45, 2.75) is 25.7 Å². The lowest BCUT2D eigenvalue weighted by Gasteiger charge is -2.05. The molecule has 2 rings (SSSR count). The molecule has 0 spiro atoms. The molecule has 1 saturated heterocycles. The SMILES string of the molecule is C1CCC1.C1NNCO1. The van der Waals surface area contributed by atoms with Crippen LogP contribution in [-0.2, 0) is 4.74 Å². The average molecular weight is 130 g/mol. The third kappa shape index (κ3) is 3.46. The number of ether oxygens (including phenoxy) is 1. The van der Waals surface area contributed by atoms with E-state index in [2.05, 4.69) is 10.9 Å². The standard InChI is InChI=1S/C4H8.C2H6N2O/c1-2-4-3-1;1-3-4-2-5-1/h1-4H2;3-4H,1-2H2. The largest absolute Gasteiger partial charge is 0.349 e. The fraction of sp³-hybridized carbons (Fsp3) is 1.00. The third-order valence-corrected chi connectivity index (χ3v) is 1.47. The Balaban J connectivity index is 0.0000000922. The molecule has 54 valence electrons. The molecular formula is C6H14N2O. The summed E-state index contributed by atoms with van der Waals surface area (Å²) in [7, 11) is 0. The Kier molecular flexibility index (Phi) is 3.68. The van der Waals surface area contributed by atoms with Crippen molar-refractivity contribution in [1.29, 1.82) is 0 Å². The van der Waals surface area contributed by atoms with Crippen LogP contribution in [-0.4, -0.2) is 13.5 Å². The second-order valence-electron chi connectivity index (χ2n) is 2.26. The molecule has 3 nitrogen and oxygen atoms in total. The second kappa shape index (κ2) is 4.73. The molecule has 2 aliphatic rings. The Morgan fingerprint density at radius 3 is 1.33 bits per heavy atom. The van der Waals surface area contributed by atoms with E-state index >= 15 is 0 Å². The molecule has 9 heavy (non-hydrogen) atoms. The van der Waals surface area contributed by atoms with Gasteiger partial charge in [-0.15, -0.1) is 0 Å². The highest BCUT2D eigenvalue weighted by Crippen LogP contribution is 2.15. The molecular weight excluding hydrogens is 116 g/mol. The van der Waals surface area contributed by atoms with Gasteiger partial charge in [-0.2, -0.15) is 0 Å². The maximum atomic E-state index is 4.72. The molecule has 2 N–H and O–H groups in total. The van der Waals surface area contributed by atoms with Gasteiger partial charge in [0.05, 0.1) is 0 Å². The first-order valence-electron chi connectivity index (χ1n) is 3.53. The van der Waals surface area contributed by atoms with E-state index in [1.54, 1.807) is 0 Å².